The molecule has 4 rings (SSSR count). The summed E-state index contributed by atoms with van der Waals surface area (Å²) in [6, 6.07) is 5.66. The number of amides is 1. The molecule has 0 atom stereocenters. The summed E-state index contributed by atoms with van der Waals surface area (Å²) < 4.78 is 5.84. The third-order valence-corrected chi connectivity index (χ3v) is 6.13. The fourth-order valence-electron chi connectivity index (χ4n) is 3.63. The van der Waals surface area contributed by atoms with E-state index in [2.05, 4.69) is 46.3 Å². The lowest BCUT2D eigenvalue weighted by Crippen LogP contribution is -2.37. The molecule has 1 fully saturated rings. The number of carbonyl (C=O) groups excluding carboxylic acids is 1. The smallest absolute Gasteiger partial charge is 0.227 e. The van der Waals surface area contributed by atoms with Gasteiger partial charge in [-0.25, -0.2) is 9.97 Å². The van der Waals surface area contributed by atoms with Gasteiger partial charge >= 0.3 is 0 Å². The molecule has 1 aromatic carbocycles. The van der Waals surface area contributed by atoms with Crippen LogP contribution in [-0.2, 0) is 16.8 Å². The van der Waals surface area contributed by atoms with Gasteiger partial charge in [-0.3, -0.25) is 9.69 Å². The van der Waals surface area contributed by atoms with Crippen LogP contribution in [0.3, 0.4) is 0 Å². The lowest BCUT2D eigenvalue weighted by Gasteiger charge is -2.30. The second-order valence-electron chi connectivity index (χ2n) is 8.85. The first-order valence-electron chi connectivity index (χ1n) is 10.1. The number of thiazole rings is 1. The van der Waals surface area contributed by atoms with Crippen LogP contribution in [0.25, 0.3) is 11.1 Å². The molecule has 7 heteroatoms. The Labute approximate surface area is 175 Å². The number of oxazole rings is 1. The van der Waals surface area contributed by atoms with Crippen molar-refractivity contribution in [2.24, 2.45) is 5.92 Å². The van der Waals surface area contributed by atoms with Crippen LogP contribution in [0, 0.1) is 12.8 Å². The van der Waals surface area contributed by atoms with Crippen LogP contribution in [0.15, 0.2) is 28.0 Å². The van der Waals surface area contributed by atoms with Gasteiger partial charge in [0.1, 0.15) is 5.52 Å². The van der Waals surface area contributed by atoms with Crippen molar-refractivity contribution in [3.05, 3.63) is 40.2 Å². The van der Waals surface area contributed by atoms with Gasteiger partial charge in [-0.05, 0) is 51.1 Å². The molecule has 3 aromatic rings. The van der Waals surface area contributed by atoms with Crippen molar-refractivity contribution in [2.75, 3.05) is 18.4 Å². The normalized spacial score (nSPS) is 16.4. The van der Waals surface area contributed by atoms with Gasteiger partial charge in [0.05, 0.1) is 10.7 Å². The highest BCUT2D eigenvalue weighted by molar-refractivity contribution is 7.09. The Hall–Kier alpha value is -2.25. The quantitative estimate of drug-likeness (QED) is 0.670. The summed E-state index contributed by atoms with van der Waals surface area (Å²) in [5, 5.41) is 6.30. The molecule has 2 aromatic heterocycles. The second-order valence-corrected chi connectivity index (χ2v) is 9.91. The fourth-order valence-corrected chi connectivity index (χ4v) is 4.24. The molecule has 0 saturated carbocycles. The summed E-state index contributed by atoms with van der Waals surface area (Å²) in [5.41, 5.74) is 3.29. The van der Waals surface area contributed by atoms with Crippen LogP contribution in [-0.4, -0.2) is 33.9 Å². The zero-order chi connectivity index (χ0) is 20.6. The summed E-state index contributed by atoms with van der Waals surface area (Å²) in [6.07, 6.45) is 1.74. The van der Waals surface area contributed by atoms with Crippen molar-refractivity contribution >= 4 is 34.0 Å². The highest BCUT2D eigenvalue weighted by atomic mass is 32.1. The topological polar surface area (TPSA) is 71.3 Å². The Morgan fingerprint density at radius 2 is 2.03 bits per heavy atom. The maximum atomic E-state index is 12.8. The van der Waals surface area contributed by atoms with E-state index in [1.807, 2.05) is 25.1 Å². The van der Waals surface area contributed by atoms with Crippen molar-refractivity contribution in [1.82, 2.24) is 14.9 Å². The number of aryl methyl sites for hydroxylation is 1. The Kier molecular flexibility index (Phi) is 5.44. The minimum atomic E-state index is -0.145. The Balaban J connectivity index is 1.34. The van der Waals surface area contributed by atoms with Gasteiger partial charge < -0.3 is 9.73 Å². The van der Waals surface area contributed by atoms with Crippen LogP contribution < -0.4 is 5.32 Å². The maximum Gasteiger partial charge on any atom is 0.227 e. The van der Waals surface area contributed by atoms with Crippen molar-refractivity contribution in [2.45, 2.75) is 52.5 Å². The molecule has 0 aliphatic carbocycles. The van der Waals surface area contributed by atoms with Crippen molar-refractivity contribution in [3.63, 3.8) is 0 Å². The average Bonchev–Trinajstić information content (AvgIpc) is 3.27. The minimum Gasteiger partial charge on any atom is -0.440 e. The Morgan fingerprint density at radius 3 is 2.69 bits per heavy atom. The molecule has 1 N–H and O–H groups in total. The van der Waals surface area contributed by atoms with Gasteiger partial charge in [0.2, 0.25) is 11.8 Å². The number of likely N-dealkylation sites (tertiary alicyclic amines) is 1. The van der Waals surface area contributed by atoms with Crippen LogP contribution >= 0.6 is 11.3 Å². The first kappa shape index (κ1) is 20.0. The molecule has 0 unspecified atom stereocenters. The number of aromatic nitrogens is 2. The first-order valence-corrected chi connectivity index (χ1v) is 11.0. The number of carbonyl (C=O) groups is 1. The molecule has 0 spiro atoms. The molecule has 1 saturated heterocycles. The molecule has 1 aliphatic rings. The van der Waals surface area contributed by atoms with E-state index >= 15 is 0 Å². The third-order valence-electron chi connectivity index (χ3n) is 5.31. The molecular formula is C22H28N4O2S. The summed E-state index contributed by atoms with van der Waals surface area (Å²) in [7, 11) is 0. The standard InChI is InChI=1S/C22H28N4O2S/c1-14-23-17(13-29-14)12-26-9-7-15(8-10-26)20(27)24-16-5-6-19-18(11-16)25-21(28-19)22(2,3)4/h5-6,11,13,15H,7-10,12H2,1-4H3,(H,24,27). The van der Waals surface area contributed by atoms with Crippen molar-refractivity contribution in [3.8, 4) is 0 Å². The van der Waals surface area contributed by atoms with E-state index in [0.29, 0.717) is 5.89 Å². The predicted molar refractivity (Wildman–Crippen MR) is 116 cm³/mol. The summed E-state index contributed by atoms with van der Waals surface area (Å²) in [5.74, 6) is 0.841. The van der Waals surface area contributed by atoms with E-state index in [0.717, 1.165) is 60.0 Å². The van der Waals surface area contributed by atoms with Crippen LogP contribution in [0.1, 0.15) is 50.2 Å². The molecule has 6 nitrogen and oxygen atoms in total. The number of fused-ring (bicyclic) bond motifs is 1. The van der Waals surface area contributed by atoms with Gasteiger partial charge in [-0.1, -0.05) is 20.8 Å². The summed E-state index contributed by atoms with van der Waals surface area (Å²) in [4.78, 5) is 24.3. The number of hydrogen-bond acceptors (Lipinski definition) is 6. The monoisotopic (exact) mass is 412 g/mol. The minimum absolute atomic E-state index is 0.0431. The van der Waals surface area contributed by atoms with Crippen LogP contribution in [0.4, 0.5) is 5.69 Å². The molecule has 1 aliphatic heterocycles. The maximum absolute atomic E-state index is 12.8. The largest absolute Gasteiger partial charge is 0.440 e. The van der Waals surface area contributed by atoms with E-state index < -0.39 is 0 Å². The van der Waals surface area contributed by atoms with Crippen molar-refractivity contribution in [1.29, 1.82) is 0 Å². The summed E-state index contributed by atoms with van der Waals surface area (Å²) in [6.45, 7) is 11.0. The Morgan fingerprint density at radius 1 is 1.28 bits per heavy atom. The van der Waals surface area contributed by atoms with Gasteiger partial charge in [0.25, 0.3) is 0 Å². The summed E-state index contributed by atoms with van der Waals surface area (Å²) >= 11 is 1.69. The van der Waals surface area contributed by atoms with E-state index in [1.54, 1.807) is 11.3 Å². The Bertz CT molecular complexity index is 1010. The van der Waals surface area contributed by atoms with Crippen LogP contribution in [0.5, 0.6) is 0 Å². The van der Waals surface area contributed by atoms with E-state index in [4.69, 9.17) is 4.42 Å². The van der Waals surface area contributed by atoms with Crippen LogP contribution in [0.2, 0.25) is 0 Å². The zero-order valence-corrected chi connectivity index (χ0v) is 18.3. The number of nitrogens with zero attached hydrogens (tertiary/aromatic N) is 3. The molecule has 154 valence electrons. The highest BCUT2D eigenvalue weighted by Crippen LogP contribution is 2.28. The lowest BCUT2D eigenvalue weighted by molar-refractivity contribution is -0.121. The second kappa shape index (κ2) is 7.88. The van der Waals surface area contributed by atoms with E-state index in [1.165, 1.54) is 0 Å². The zero-order valence-electron chi connectivity index (χ0n) is 17.5. The van der Waals surface area contributed by atoms with Gasteiger partial charge in [0.15, 0.2) is 5.58 Å². The third kappa shape index (κ3) is 4.67. The number of anilines is 1. The number of hydrogen-bond donors (Lipinski definition) is 1. The predicted octanol–water partition coefficient (Wildman–Crippen LogP) is 4.74. The first-order chi connectivity index (χ1) is 13.8. The number of benzene rings is 1. The van der Waals surface area contributed by atoms with E-state index in [-0.39, 0.29) is 17.2 Å². The SMILES string of the molecule is Cc1nc(CN2CCC(C(=O)Nc3ccc4oc(C(C)(C)C)nc4c3)CC2)cs1. The molecule has 29 heavy (non-hydrogen) atoms. The molecule has 0 radical (unpaired) electrons. The van der Waals surface area contributed by atoms with E-state index in [9.17, 15) is 4.79 Å². The fraction of sp³-hybridized carbons (Fsp3) is 0.500. The highest BCUT2D eigenvalue weighted by Gasteiger charge is 2.26. The van der Waals surface area contributed by atoms with Gasteiger partial charge in [-0.2, -0.15) is 0 Å². The van der Waals surface area contributed by atoms with Gasteiger partial charge in [0, 0.05) is 28.9 Å². The molecule has 1 amide bonds. The molecule has 3 heterocycles. The average molecular weight is 413 g/mol. The number of piperidine rings is 1. The molecule has 0 bridgehead atoms. The molecular weight excluding hydrogens is 384 g/mol. The lowest BCUT2D eigenvalue weighted by atomic mass is 9.95. The number of nitrogens with one attached hydrogen (secondary N) is 1. The van der Waals surface area contributed by atoms with Gasteiger partial charge in [-0.15, -0.1) is 11.3 Å². The van der Waals surface area contributed by atoms with Crippen molar-refractivity contribution < 1.29 is 9.21 Å². The number of rotatable bonds is 4.